The van der Waals surface area contributed by atoms with E-state index >= 15 is 0 Å². The lowest BCUT2D eigenvalue weighted by Crippen LogP contribution is -2.46. The molecule has 2 saturated heterocycles. The minimum Gasteiger partial charge on any atom is -0.497 e. The molecular formula is C22H22N2O5S. The Hall–Kier alpha value is -3.00. The molecule has 4 rings (SSSR count). The zero-order chi connectivity index (χ0) is 21.1. The zero-order valence-corrected chi connectivity index (χ0v) is 17.4. The van der Waals surface area contributed by atoms with Crippen molar-refractivity contribution in [2.24, 2.45) is 0 Å². The molecule has 0 radical (unpaired) electrons. The molecule has 2 aromatic carbocycles. The van der Waals surface area contributed by atoms with Gasteiger partial charge in [0.05, 0.1) is 7.11 Å². The molecule has 2 amide bonds. The van der Waals surface area contributed by atoms with Crippen molar-refractivity contribution < 1.29 is 23.9 Å². The lowest BCUT2D eigenvalue weighted by Gasteiger charge is -2.28. The Kier molecular flexibility index (Phi) is 5.67. The first-order chi connectivity index (χ1) is 14.5. The maximum Gasteiger partial charge on any atom is 0.343 e. The van der Waals surface area contributed by atoms with Crippen molar-refractivity contribution in [3.05, 3.63) is 59.7 Å². The Morgan fingerprint density at radius 3 is 2.57 bits per heavy atom. The first-order valence-electron chi connectivity index (χ1n) is 9.68. The molecule has 2 fully saturated rings. The van der Waals surface area contributed by atoms with Crippen LogP contribution < -0.4 is 10.1 Å². The molecule has 0 bridgehead atoms. The van der Waals surface area contributed by atoms with Crippen molar-refractivity contribution in [2.45, 2.75) is 24.3 Å². The second-order valence-corrected chi connectivity index (χ2v) is 8.51. The minimum atomic E-state index is -0.852. The summed E-state index contributed by atoms with van der Waals surface area (Å²) in [6.07, 6.45) is 0.889. The molecule has 1 atom stereocenters. The van der Waals surface area contributed by atoms with Gasteiger partial charge in [0, 0.05) is 30.0 Å². The molecule has 1 unspecified atom stereocenters. The third-order valence-corrected chi connectivity index (χ3v) is 6.78. The highest BCUT2D eigenvalue weighted by Crippen LogP contribution is 2.45. The van der Waals surface area contributed by atoms with Gasteiger partial charge in [-0.15, -0.1) is 11.8 Å². The number of ether oxygens (including phenoxy) is 2. The molecule has 0 aromatic heterocycles. The van der Waals surface area contributed by atoms with Gasteiger partial charge in [-0.05, 0) is 48.4 Å². The lowest BCUT2D eigenvalue weighted by molar-refractivity contribution is -0.154. The highest BCUT2D eigenvalue weighted by molar-refractivity contribution is 8.01. The number of hydrogen-bond acceptors (Lipinski definition) is 6. The highest BCUT2D eigenvalue weighted by Gasteiger charge is 2.55. The summed E-state index contributed by atoms with van der Waals surface area (Å²) in [6, 6.07) is 14.0. The van der Waals surface area contributed by atoms with Gasteiger partial charge in [0.2, 0.25) is 5.91 Å². The van der Waals surface area contributed by atoms with E-state index < -0.39 is 4.87 Å². The van der Waals surface area contributed by atoms with Crippen molar-refractivity contribution >= 4 is 35.2 Å². The average molecular weight is 426 g/mol. The molecule has 30 heavy (non-hydrogen) atoms. The van der Waals surface area contributed by atoms with Gasteiger partial charge in [-0.25, -0.2) is 4.79 Å². The van der Waals surface area contributed by atoms with Gasteiger partial charge in [0.15, 0.2) is 4.87 Å². The van der Waals surface area contributed by atoms with Gasteiger partial charge in [0.25, 0.3) is 5.91 Å². The van der Waals surface area contributed by atoms with Crippen LogP contribution in [0.25, 0.3) is 0 Å². The van der Waals surface area contributed by atoms with Crippen molar-refractivity contribution in [3.8, 4) is 5.75 Å². The topological polar surface area (TPSA) is 84.9 Å². The summed E-state index contributed by atoms with van der Waals surface area (Å²) in [5, 5.41) is 2.82. The van der Waals surface area contributed by atoms with E-state index in [2.05, 4.69) is 5.32 Å². The molecule has 0 saturated carbocycles. The number of rotatable bonds is 6. The smallest absolute Gasteiger partial charge is 0.343 e. The van der Waals surface area contributed by atoms with E-state index in [1.54, 1.807) is 60.5 Å². The summed E-state index contributed by atoms with van der Waals surface area (Å²) >= 11 is 1.49. The predicted molar refractivity (Wildman–Crippen MR) is 113 cm³/mol. The molecule has 2 aliphatic rings. The van der Waals surface area contributed by atoms with Crippen LogP contribution in [0.3, 0.4) is 0 Å². The van der Waals surface area contributed by atoms with E-state index in [0.29, 0.717) is 36.4 Å². The number of anilines is 1. The Balaban J connectivity index is 1.34. The second kappa shape index (κ2) is 8.39. The van der Waals surface area contributed by atoms with Crippen LogP contribution in [0.5, 0.6) is 5.75 Å². The number of fused-ring (bicyclic) bond motifs is 1. The largest absolute Gasteiger partial charge is 0.497 e. The molecule has 156 valence electrons. The van der Waals surface area contributed by atoms with Crippen LogP contribution in [0.15, 0.2) is 48.5 Å². The SMILES string of the molecule is COc1ccc(NC(=O)c2ccc(COC(=O)C34CCC(=O)N3CCS4)cc2)cc1. The molecule has 8 heteroatoms. The zero-order valence-electron chi connectivity index (χ0n) is 16.6. The van der Waals surface area contributed by atoms with E-state index in [9.17, 15) is 14.4 Å². The fourth-order valence-electron chi connectivity index (χ4n) is 3.67. The van der Waals surface area contributed by atoms with Gasteiger partial charge in [-0.2, -0.15) is 0 Å². The number of carbonyl (C=O) groups excluding carboxylic acids is 3. The standard InChI is InChI=1S/C22H22N2O5S/c1-28-18-8-6-17(7-9-18)23-20(26)16-4-2-15(3-5-16)14-29-21(27)22-11-10-19(25)24(22)12-13-30-22/h2-9H,10-14H2,1H3,(H,23,26). The summed E-state index contributed by atoms with van der Waals surface area (Å²) in [6.45, 7) is 0.695. The second-order valence-electron chi connectivity index (χ2n) is 7.13. The fraction of sp³-hybridized carbons (Fsp3) is 0.318. The maximum atomic E-state index is 12.7. The van der Waals surface area contributed by atoms with Crippen LogP contribution in [0.4, 0.5) is 5.69 Å². The van der Waals surface area contributed by atoms with Gasteiger partial charge in [-0.3, -0.25) is 9.59 Å². The van der Waals surface area contributed by atoms with Gasteiger partial charge in [-0.1, -0.05) is 12.1 Å². The van der Waals surface area contributed by atoms with Crippen LogP contribution >= 0.6 is 11.8 Å². The summed E-state index contributed by atoms with van der Waals surface area (Å²) < 4.78 is 10.6. The van der Waals surface area contributed by atoms with E-state index in [-0.39, 0.29) is 24.4 Å². The molecule has 2 aliphatic heterocycles. The monoisotopic (exact) mass is 426 g/mol. The van der Waals surface area contributed by atoms with E-state index in [0.717, 1.165) is 11.3 Å². The quantitative estimate of drug-likeness (QED) is 0.715. The summed E-state index contributed by atoms with van der Waals surface area (Å²) in [7, 11) is 1.59. The molecule has 2 heterocycles. The van der Waals surface area contributed by atoms with Crippen molar-refractivity contribution in [1.82, 2.24) is 4.90 Å². The molecular weight excluding hydrogens is 404 g/mol. The average Bonchev–Trinajstić information content (AvgIpc) is 3.34. The Labute approximate surface area is 178 Å². The number of thioether (sulfide) groups is 1. The Morgan fingerprint density at radius 2 is 1.87 bits per heavy atom. The number of methoxy groups -OCH3 is 1. The van der Waals surface area contributed by atoms with Gasteiger partial charge < -0.3 is 19.7 Å². The molecule has 0 spiro atoms. The number of carbonyl (C=O) groups is 3. The van der Waals surface area contributed by atoms with Crippen molar-refractivity contribution in [1.29, 1.82) is 0 Å². The lowest BCUT2D eigenvalue weighted by atomic mass is 10.1. The normalized spacial score (nSPS) is 20.0. The first-order valence-corrected chi connectivity index (χ1v) is 10.7. The molecule has 1 N–H and O–H groups in total. The summed E-state index contributed by atoms with van der Waals surface area (Å²) in [5.74, 6) is 0.887. The van der Waals surface area contributed by atoms with E-state index in [1.165, 1.54) is 11.8 Å². The number of hydrogen-bond donors (Lipinski definition) is 1. The predicted octanol–water partition coefficient (Wildman–Crippen LogP) is 3.06. The number of esters is 1. The van der Waals surface area contributed by atoms with Crippen LogP contribution in [0.2, 0.25) is 0 Å². The number of amides is 2. The molecule has 7 nitrogen and oxygen atoms in total. The number of nitrogens with one attached hydrogen (secondary N) is 1. The van der Waals surface area contributed by atoms with Crippen LogP contribution in [-0.4, -0.2) is 47.0 Å². The molecule has 2 aromatic rings. The van der Waals surface area contributed by atoms with Gasteiger partial charge in [0.1, 0.15) is 12.4 Å². The fourth-order valence-corrected chi connectivity index (χ4v) is 5.06. The van der Waals surface area contributed by atoms with Gasteiger partial charge >= 0.3 is 5.97 Å². The van der Waals surface area contributed by atoms with Crippen molar-refractivity contribution in [2.75, 3.05) is 24.7 Å². The third-order valence-electron chi connectivity index (χ3n) is 5.32. The summed E-state index contributed by atoms with van der Waals surface area (Å²) in [5.41, 5.74) is 1.95. The Morgan fingerprint density at radius 1 is 1.13 bits per heavy atom. The highest BCUT2D eigenvalue weighted by atomic mass is 32.2. The van der Waals surface area contributed by atoms with Crippen LogP contribution in [0.1, 0.15) is 28.8 Å². The maximum absolute atomic E-state index is 12.7. The third kappa shape index (κ3) is 3.87. The van der Waals surface area contributed by atoms with Crippen LogP contribution in [-0.2, 0) is 20.9 Å². The first kappa shape index (κ1) is 20.3. The van der Waals surface area contributed by atoms with E-state index in [4.69, 9.17) is 9.47 Å². The Bertz CT molecular complexity index is 960. The van der Waals surface area contributed by atoms with Crippen molar-refractivity contribution in [3.63, 3.8) is 0 Å². The van der Waals surface area contributed by atoms with E-state index in [1.807, 2.05) is 0 Å². The van der Waals surface area contributed by atoms with Crippen LogP contribution in [0, 0.1) is 0 Å². The summed E-state index contributed by atoms with van der Waals surface area (Å²) in [4.78, 5) is 37.8. The molecule has 0 aliphatic carbocycles. The number of nitrogens with zero attached hydrogens (tertiary/aromatic N) is 1. The number of benzene rings is 2. The minimum absolute atomic E-state index is 0.0178.